The first-order valence-electron chi connectivity index (χ1n) is 11.7. The molecule has 0 aliphatic carbocycles. The van der Waals surface area contributed by atoms with Crippen LogP contribution in [0.2, 0.25) is 0 Å². The molecule has 0 bridgehead atoms. The van der Waals surface area contributed by atoms with E-state index in [0.29, 0.717) is 22.7 Å². The smallest absolute Gasteiger partial charge is 0.207 e. The average molecular weight is 544 g/mol. The number of tetrazole rings is 2. The highest BCUT2D eigenvalue weighted by Gasteiger charge is 2.27. The summed E-state index contributed by atoms with van der Waals surface area (Å²) in [5, 5.41) is 25.9. The van der Waals surface area contributed by atoms with Crippen LogP contribution < -0.4 is 9.36 Å². The predicted molar refractivity (Wildman–Crippen MR) is 130 cm³/mol. The first kappa shape index (κ1) is 24.7. The lowest BCUT2D eigenvalue weighted by molar-refractivity contribution is -0.651. The third-order valence-corrected chi connectivity index (χ3v) is 5.58. The van der Waals surface area contributed by atoms with E-state index >= 15 is 0 Å². The molecule has 10 nitrogen and oxygen atoms in total. The number of hydrogen-bond acceptors (Lipinski definition) is 6. The molecule has 2 heterocycles. The highest BCUT2D eigenvalue weighted by Crippen LogP contribution is 2.15. The molecular weight excluding hydrogens is 528 g/mol. The van der Waals surface area contributed by atoms with Gasteiger partial charge in [-0.15, -0.1) is 0 Å². The van der Waals surface area contributed by atoms with E-state index in [1.54, 1.807) is 0 Å². The Balaban J connectivity index is 1.45. The van der Waals surface area contributed by atoms with Gasteiger partial charge in [0.2, 0.25) is 0 Å². The third kappa shape index (κ3) is 5.05. The minimum absolute atomic E-state index is 0.0297. The molecule has 0 N–H and O–H groups in total. The van der Waals surface area contributed by atoms with Crippen molar-refractivity contribution in [1.82, 2.24) is 30.2 Å². The average Bonchev–Trinajstić information content (AvgIpc) is 3.58. The maximum atomic E-state index is 13.6. The fourth-order valence-corrected chi connectivity index (χ4v) is 3.62. The molecule has 0 radical (unpaired) electrons. The summed E-state index contributed by atoms with van der Waals surface area (Å²) in [6.45, 7) is 0. The van der Waals surface area contributed by atoms with E-state index in [1.165, 1.54) is 116 Å². The zero-order valence-corrected chi connectivity index (χ0v) is 20.2. The SMILES string of the molecule is Fc1ccc(-n2nc(/N=N/c3nn(-c4ccc(F)cc4)n[n+]3-c3ccc(F)cc3)[n+](-c3ccc(F)cc3)n2)cc1. The summed E-state index contributed by atoms with van der Waals surface area (Å²) in [6, 6.07) is 21.8. The Morgan fingerprint density at radius 1 is 0.450 bits per heavy atom. The quantitative estimate of drug-likeness (QED) is 0.177. The van der Waals surface area contributed by atoms with Crippen molar-refractivity contribution in [2.24, 2.45) is 10.2 Å². The molecule has 4 aromatic carbocycles. The van der Waals surface area contributed by atoms with E-state index in [1.807, 2.05) is 0 Å². The van der Waals surface area contributed by atoms with Crippen LogP contribution in [0.1, 0.15) is 0 Å². The van der Waals surface area contributed by atoms with E-state index in [2.05, 4.69) is 30.9 Å². The van der Waals surface area contributed by atoms with Crippen molar-refractivity contribution >= 4 is 11.9 Å². The Labute approximate surface area is 222 Å². The lowest BCUT2D eigenvalue weighted by Crippen LogP contribution is -2.34. The van der Waals surface area contributed by atoms with Crippen LogP contribution in [-0.2, 0) is 0 Å². The summed E-state index contributed by atoms with van der Waals surface area (Å²) in [5.74, 6) is -1.82. The van der Waals surface area contributed by atoms with Crippen LogP contribution in [0.25, 0.3) is 22.7 Å². The second-order valence-electron chi connectivity index (χ2n) is 8.29. The van der Waals surface area contributed by atoms with E-state index in [4.69, 9.17) is 0 Å². The molecule has 0 amide bonds. The fraction of sp³-hybridized carbons (Fsp3) is 0. The van der Waals surface area contributed by atoms with E-state index in [0.717, 1.165) is 0 Å². The van der Waals surface area contributed by atoms with Gasteiger partial charge in [-0.2, -0.15) is 0 Å². The summed E-state index contributed by atoms with van der Waals surface area (Å²) in [5.41, 5.74) is 1.71. The Hall–Kier alpha value is -5.66. The Kier molecular flexibility index (Phi) is 6.32. The second kappa shape index (κ2) is 10.2. The second-order valence-corrected chi connectivity index (χ2v) is 8.29. The maximum absolute atomic E-state index is 13.6. The molecule has 2 aromatic heterocycles. The zero-order chi connectivity index (χ0) is 27.6. The summed E-state index contributed by atoms with van der Waals surface area (Å²) in [4.78, 5) is 2.42. The molecule has 40 heavy (non-hydrogen) atoms. The molecule has 0 saturated heterocycles. The Morgan fingerprint density at radius 2 is 0.750 bits per heavy atom. The van der Waals surface area contributed by atoms with Gasteiger partial charge in [0.15, 0.2) is 0 Å². The first-order chi connectivity index (χ1) is 19.4. The number of benzene rings is 4. The van der Waals surface area contributed by atoms with E-state index in [9.17, 15) is 17.6 Å². The Morgan fingerprint density at radius 3 is 1.07 bits per heavy atom. The van der Waals surface area contributed by atoms with Gasteiger partial charge in [0, 0.05) is 10.4 Å². The van der Waals surface area contributed by atoms with E-state index in [-0.39, 0.29) is 11.9 Å². The number of azo groups is 1. The van der Waals surface area contributed by atoms with Gasteiger partial charge in [-0.05, 0) is 107 Å². The molecule has 14 heteroatoms. The molecule has 0 unspecified atom stereocenters. The van der Waals surface area contributed by atoms with Crippen molar-refractivity contribution < 1.29 is 26.9 Å². The molecule has 0 fully saturated rings. The Bertz CT molecular complexity index is 1680. The number of halogens is 4. The topological polar surface area (TPSA) is 93.9 Å². The molecule has 0 saturated carbocycles. The maximum Gasteiger partial charge on any atom is 0.472 e. The number of rotatable bonds is 6. The van der Waals surface area contributed by atoms with Gasteiger partial charge in [0.25, 0.3) is 0 Å². The summed E-state index contributed by atoms with van der Waals surface area (Å²) in [6.07, 6.45) is 0. The van der Waals surface area contributed by atoms with E-state index < -0.39 is 23.3 Å². The number of aromatic nitrogens is 8. The van der Waals surface area contributed by atoms with Gasteiger partial charge >= 0.3 is 11.9 Å². The van der Waals surface area contributed by atoms with Crippen LogP contribution in [0.5, 0.6) is 0 Å². The lowest BCUT2D eigenvalue weighted by Gasteiger charge is -1.95. The molecule has 0 aliphatic rings. The number of hydrogen-bond donors (Lipinski definition) is 0. The van der Waals surface area contributed by atoms with Crippen molar-refractivity contribution in [3.63, 3.8) is 0 Å². The van der Waals surface area contributed by atoms with Crippen LogP contribution in [0.15, 0.2) is 107 Å². The highest BCUT2D eigenvalue weighted by molar-refractivity contribution is 5.31. The van der Waals surface area contributed by atoms with Gasteiger partial charge in [0.05, 0.1) is 20.4 Å². The van der Waals surface area contributed by atoms with Gasteiger partial charge < -0.3 is 0 Å². The van der Waals surface area contributed by atoms with Crippen LogP contribution in [0, 0.1) is 23.3 Å². The van der Waals surface area contributed by atoms with Crippen LogP contribution in [0.3, 0.4) is 0 Å². The molecule has 0 aliphatic heterocycles. The van der Waals surface area contributed by atoms with Gasteiger partial charge in [-0.1, -0.05) is 9.36 Å². The fourth-order valence-electron chi connectivity index (χ4n) is 3.62. The first-order valence-corrected chi connectivity index (χ1v) is 11.7. The molecule has 0 atom stereocenters. The van der Waals surface area contributed by atoms with Crippen molar-refractivity contribution in [3.8, 4) is 22.7 Å². The zero-order valence-electron chi connectivity index (χ0n) is 20.2. The predicted octanol–water partition coefficient (Wildman–Crippen LogP) is 4.37. The van der Waals surface area contributed by atoms with Crippen LogP contribution >= 0.6 is 0 Å². The summed E-state index contributed by atoms with van der Waals surface area (Å²) in [7, 11) is 0. The molecular formula is C26H16F4N10+2. The highest BCUT2D eigenvalue weighted by atomic mass is 19.1. The summed E-state index contributed by atoms with van der Waals surface area (Å²) < 4.78 is 56.7. The van der Waals surface area contributed by atoms with Crippen molar-refractivity contribution in [1.29, 1.82) is 0 Å². The minimum atomic E-state index is -0.448. The molecule has 6 rings (SSSR count). The van der Waals surface area contributed by atoms with Gasteiger partial charge in [-0.25, -0.2) is 17.6 Å². The normalized spacial score (nSPS) is 11.4. The third-order valence-electron chi connectivity index (χ3n) is 5.58. The van der Waals surface area contributed by atoms with Gasteiger partial charge in [0.1, 0.15) is 46.0 Å². The summed E-state index contributed by atoms with van der Waals surface area (Å²) >= 11 is 0. The standard InChI is InChI=1S/C26H16F4N10/c27-17-1-9-21(10-2-17)37-25(33-39(35-37)23-13-5-19(29)6-14-23)31-32-26-34-40(24-15-7-20(30)8-16-24)36-38(26)22-11-3-18(28)4-12-22/h1-16H/q+2/b32-31+. The van der Waals surface area contributed by atoms with Crippen molar-refractivity contribution in [2.75, 3.05) is 0 Å². The molecule has 196 valence electrons. The van der Waals surface area contributed by atoms with Crippen LogP contribution in [-0.4, -0.2) is 30.2 Å². The monoisotopic (exact) mass is 544 g/mol. The lowest BCUT2D eigenvalue weighted by atomic mass is 10.3. The largest absolute Gasteiger partial charge is 0.472 e. The van der Waals surface area contributed by atoms with Crippen molar-refractivity contribution in [3.05, 3.63) is 120 Å². The van der Waals surface area contributed by atoms with Crippen LogP contribution in [0.4, 0.5) is 29.5 Å². The van der Waals surface area contributed by atoms with Crippen molar-refractivity contribution in [2.45, 2.75) is 0 Å². The minimum Gasteiger partial charge on any atom is -0.207 e. The van der Waals surface area contributed by atoms with Gasteiger partial charge in [-0.3, -0.25) is 0 Å². The molecule has 6 aromatic rings. The molecule has 0 spiro atoms. The number of nitrogens with zero attached hydrogens (tertiary/aromatic N) is 10.